The fourth-order valence-electron chi connectivity index (χ4n) is 4.90. The van der Waals surface area contributed by atoms with Crippen LogP contribution >= 0.6 is 0 Å². The number of halogens is 1. The molecule has 2 aliphatic heterocycles. The summed E-state index contributed by atoms with van der Waals surface area (Å²) in [4.78, 5) is 15.3. The smallest absolute Gasteiger partial charge is 0.243 e. The van der Waals surface area contributed by atoms with Gasteiger partial charge >= 0.3 is 0 Å². The standard InChI is InChI=1S/C26H34FN3O3S/c1-20-3-2-14-29(18-20)19-22-6-4-21(5-7-22)17-28-26(31)23-12-15-30(16-13-23)34(32,33)25-10-8-24(27)9-11-25/h4-11,20,23H,2-3,12-19H2,1H3,(H,28,31). The predicted octanol–water partition coefficient (Wildman–Crippen LogP) is 3.77. The summed E-state index contributed by atoms with van der Waals surface area (Å²) in [5.74, 6) is 0.0453. The Kier molecular flexibility index (Phi) is 8.01. The Bertz CT molecular complexity index is 1070. The van der Waals surface area contributed by atoms with Gasteiger partial charge in [0.05, 0.1) is 4.90 Å². The van der Waals surface area contributed by atoms with E-state index in [4.69, 9.17) is 0 Å². The molecule has 4 rings (SSSR count). The zero-order valence-corrected chi connectivity index (χ0v) is 20.6. The van der Waals surface area contributed by atoms with Crippen molar-refractivity contribution in [3.05, 3.63) is 65.5 Å². The number of nitrogens with one attached hydrogen (secondary N) is 1. The molecule has 1 atom stereocenters. The van der Waals surface area contributed by atoms with Crippen LogP contribution in [0.5, 0.6) is 0 Å². The Labute approximate surface area is 202 Å². The van der Waals surface area contributed by atoms with Crippen LogP contribution in [-0.2, 0) is 27.9 Å². The Hall–Kier alpha value is -2.29. The van der Waals surface area contributed by atoms with Crippen LogP contribution in [0.4, 0.5) is 4.39 Å². The first-order chi connectivity index (χ1) is 16.3. The number of amides is 1. The van der Waals surface area contributed by atoms with Gasteiger partial charge in [0.2, 0.25) is 15.9 Å². The first kappa shape index (κ1) is 24.8. The quantitative estimate of drug-likeness (QED) is 0.646. The minimum Gasteiger partial charge on any atom is -0.352 e. The van der Waals surface area contributed by atoms with E-state index in [2.05, 4.69) is 41.4 Å². The van der Waals surface area contributed by atoms with Gasteiger partial charge < -0.3 is 5.32 Å². The van der Waals surface area contributed by atoms with Gasteiger partial charge in [-0.15, -0.1) is 0 Å². The number of benzene rings is 2. The van der Waals surface area contributed by atoms with E-state index in [9.17, 15) is 17.6 Å². The van der Waals surface area contributed by atoms with E-state index in [0.717, 1.165) is 43.2 Å². The molecule has 0 aromatic heterocycles. The molecule has 6 nitrogen and oxygen atoms in total. The van der Waals surface area contributed by atoms with Crippen LogP contribution in [0, 0.1) is 17.7 Å². The van der Waals surface area contributed by atoms with Crippen LogP contribution in [0.25, 0.3) is 0 Å². The van der Waals surface area contributed by atoms with Crippen molar-refractivity contribution in [2.45, 2.75) is 50.6 Å². The molecule has 0 radical (unpaired) electrons. The zero-order chi connectivity index (χ0) is 24.1. The van der Waals surface area contributed by atoms with Crippen LogP contribution in [-0.4, -0.2) is 49.7 Å². The van der Waals surface area contributed by atoms with Crippen LogP contribution in [0.15, 0.2) is 53.4 Å². The van der Waals surface area contributed by atoms with Gasteiger partial charge in [0.25, 0.3) is 0 Å². The summed E-state index contributed by atoms with van der Waals surface area (Å²) in [6.45, 7) is 6.62. The molecule has 1 amide bonds. The van der Waals surface area contributed by atoms with Crippen LogP contribution in [0.3, 0.4) is 0 Å². The van der Waals surface area contributed by atoms with Crippen molar-refractivity contribution >= 4 is 15.9 Å². The molecular formula is C26H34FN3O3S. The third-order valence-electron chi connectivity index (χ3n) is 6.91. The maximum atomic E-state index is 13.1. The van der Waals surface area contributed by atoms with Gasteiger partial charge in [-0.2, -0.15) is 4.31 Å². The van der Waals surface area contributed by atoms with Crippen molar-refractivity contribution in [3.63, 3.8) is 0 Å². The van der Waals surface area contributed by atoms with Gasteiger partial charge in [-0.3, -0.25) is 9.69 Å². The molecule has 1 unspecified atom stereocenters. The van der Waals surface area contributed by atoms with Crippen LogP contribution in [0.1, 0.15) is 43.7 Å². The fraction of sp³-hybridized carbons (Fsp3) is 0.500. The fourth-order valence-corrected chi connectivity index (χ4v) is 6.37. The molecule has 0 bridgehead atoms. The van der Waals surface area contributed by atoms with Crippen molar-refractivity contribution < 1.29 is 17.6 Å². The maximum absolute atomic E-state index is 13.1. The molecule has 2 aliphatic rings. The van der Waals surface area contributed by atoms with Crippen molar-refractivity contribution in [1.29, 1.82) is 0 Å². The lowest BCUT2D eigenvalue weighted by Crippen LogP contribution is -2.42. The molecule has 0 aliphatic carbocycles. The Morgan fingerprint density at radius 1 is 0.971 bits per heavy atom. The highest BCUT2D eigenvalue weighted by Crippen LogP contribution is 2.24. The average Bonchev–Trinajstić information content (AvgIpc) is 2.84. The summed E-state index contributed by atoms with van der Waals surface area (Å²) >= 11 is 0. The molecule has 1 N–H and O–H groups in total. The third-order valence-corrected chi connectivity index (χ3v) is 8.83. The number of carbonyl (C=O) groups is 1. The normalized spacial score (nSPS) is 20.8. The molecule has 0 saturated carbocycles. The van der Waals surface area contributed by atoms with Crippen molar-refractivity contribution in [2.24, 2.45) is 11.8 Å². The highest BCUT2D eigenvalue weighted by Gasteiger charge is 2.32. The zero-order valence-electron chi connectivity index (χ0n) is 19.7. The van der Waals surface area contributed by atoms with Gasteiger partial charge in [0.15, 0.2) is 0 Å². The lowest BCUT2D eigenvalue weighted by molar-refractivity contribution is -0.126. The second-order valence-corrected chi connectivity index (χ2v) is 11.6. The van der Waals surface area contributed by atoms with Gasteiger partial charge in [-0.1, -0.05) is 31.2 Å². The molecule has 2 aromatic rings. The number of likely N-dealkylation sites (tertiary alicyclic amines) is 1. The summed E-state index contributed by atoms with van der Waals surface area (Å²) in [5, 5.41) is 3.01. The summed E-state index contributed by atoms with van der Waals surface area (Å²) in [6, 6.07) is 13.3. The number of rotatable bonds is 7. The van der Waals surface area contributed by atoms with Crippen LogP contribution in [0.2, 0.25) is 0 Å². The van der Waals surface area contributed by atoms with E-state index in [0.29, 0.717) is 19.4 Å². The molecule has 2 heterocycles. The minimum absolute atomic E-state index is 0.0368. The largest absolute Gasteiger partial charge is 0.352 e. The Morgan fingerprint density at radius 2 is 1.62 bits per heavy atom. The number of hydrogen-bond donors (Lipinski definition) is 1. The van der Waals surface area contributed by atoms with E-state index in [1.807, 2.05) is 0 Å². The van der Waals surface area contributed by atoms with Gasteiger partial charge in [-0.05, 0) is 73.5 Å². The van der Waals surface area contributed by atoms with Gasteiger partial charge in [0.1, 0.15) is 5.82 Å². The van der Waals surface area contributed by atoms with Crippen molar-refractivity contribution in [2.75, 3.05) is 26.2 Å². The monoisotopic (exact) mass is 487 g/mol. The second kappa shape index (κ2) is 11.0. The second-order valence-electron chi connectivity index (χ2n) is 9.65. The molecule has 2 saturated heterocycles. The number of piperidine rings is 2. The Morgan fingerprint density at radius 3 is 2.26 bits per heavy atom. The molecule has 0 spiro atoms. The molecule has 2 aromatic carbocycles. The minimum atomic E-state index is -3.67. The molecular weight excluding hydrogens is 453 g/mol. The SMILES string of the molecule is CC1CCCN(Cc2ccc(CNC(=O)C3CCN(S(=O)(=O)c4ccc(F)cc4)CC3)cc2)C1. The summed E-state index contributed by atoms with van der Waals surface area (Å²) in [6.07, 6.45) is 3.53. The Balaban J connectivity index is 1.23. The topological polar surface area (TPSA) is 69.7 Å². The van der Waals surface area contributed by atoms with E-state index < -0.39 is 15.8 Å². The van der Waals surface area contributed by atoms with E-state index in [1.54, 1.807) is 0 Å². The number of hydrogen-bond acceptors (Lipinski definition) is 4. The van der Waals surface area contributed by atoms with Crippen LogP contribution < -0.4 is 5.32 Å². The van der Waals surface area contributed by atoms with E-state index in [-0.39, 0.29) is 29.8 Å². The predicted molar refractivity (Wildman–Crippen MR) is 130 cm³/mol. The first-order valence-electron chi connectivity index (χ1n) is 12.1. The summed E-state index contributed by atoms with van der Waals surface area (Å²) in [5.41, 5.74) is 2.35. The van der Waals surface area contributed by atoms with E-state index in [1.165, 1.54) is 34.8 Å². The molecule has 8 heteroatoms. The molecule has 184 valence electrons. The highest BCUT2D eigenvalue weighted by molar-refractivity contribution is 7.89. The maximum Gasteiger partial charge on any atom is 0.243 e. The lowest BCUT2D eigenvalue weighted by atomic mass is 9.97. The summed E-state index contributed by atoms with van der Waals surface area (Å²) in [7, 11) is -3.67. The summed E-state index contributed by atoms with van der Waals surface area (Å²) < 4.78 is 40.0. The number of nitrogens with zero attached hydrogens (tertiary/aromatic N) is 2. The lowest BCUT2D eigenvalue weighted by Gasteiger charge is -2.31. The third kappa shape index (κ3) is 6.23. The van der Waals surface area contributed by atoms with E-state index >= 15 is 0 Å². The average molecular weight is 488 g/mol. The van der Waals surface area contributed by atoms with Crippen molar-refractivity contribution in [3.8, 4) is 0 Å². The first-order valence-corrected chi connectivity index (χ1v) is 13.6. The van der Waals surface area contributed by atoms with Gasteiger partial charge in [0, 0.05) is 38.6 Å². The number of carbonyl (C=O) groups excluding carboxylic acids is 1. The van der Waals surface area contributed by atoms with Crippen molar-refractivity contribution in [1.82, 2.24) is 14.5 Å². The number of sulfonamides is 1. The highest BCUT2D eigenvalue weighted by atomic mass is 32.2. The molecule has 34 heavy (non-hydrogen) atoms. The van der Waals surface area contributed by atoms with Gasteiger partial charge in [-0.25, -0.2) is 12.8 Å². The molecule has 2 fully saturated rings.